The molecule has 0 radical (unpaired) electrons. The number of nitrogens with one attached hydrogen (secondary N) is 2. The number of carboxylic acid groups (broad SMARTS) is 1. The van der Waals surface area contributed by atoms with Crippen LogP contribution in [0.5, 0.6) is 0 Å². The van der Waals surface area contributed by atoms with Crippen LogP contribution in [0.1, 0.15) is 60.3 Å². The standard InChI is InChI=1S/C27H49N3O11/c1-13(2)6-7-16(40-25-24(36)21(28)23(35)15(5)39-25)10-19-22(30-26(37)29-9-8-20(33)34)18(32)12-27(38,41-19)11-17(31)14(3)4/h6-7,13-19,21-25,31-32,35-36,38H,8-12,28H2,1-5H3,(H,33,34)(H2,29,30,37)/b7-6+/t15?,16-,17?,18-,19?,21?,22+,23?,24?,25?,27+/m0/s1. The number of carbonyl (C=O) groups excluding carboxylic acids is 1. The number of rotatable bonds is 13. The first-order chi connectivity index (χ1) is 19.0. The van der Waals surface area contributed by atoms with E-state index in [9.17, 15) is 35.1 Å². The van der Waals surface area contributed by atoms with Crippen LogP contribution in [0.3, 0.4) is 0 Å². The third kappa shape index (κ3) is 10.7. The lowest BCUT2D eigenvalue weighted by atomic mass is 9.86. The van der Waals surface area contributed by atoms with E-state index in [1.54, 1.807) is 26.8 Å². The van der Waals surface area contributed by atoms with E-state index >= 15 is 0 Å². The van der Waals surface area contributed by atoms with Crippen molar-refractivity contribution in [1.82, 2.24) is 10.6 Å². The molecule has 7 unspecified atom stereocenters. The molecule has 0 aromatic carbocycles. The summed E-state index contributed by atoms with van der Waals surface area (Å²) < 4.78 is 17.8. The number of nitrogens with two attached hydrogens (primary N) is 1. The van der Waals surface area contributed by atoms with Crippen molar-refractivity contribution in [2.45, 2.75) is 127 Å². The Kier molecular flexibility index (Phi) is 13.4. The van der Waals surface area contributed by atoms with E-state index in [1.807, 2.05) is 19.9 Å². The summed E-state index contributed by atoms with van der Waals surface area (Å²) in [7, 11) is 0. The maximum atomic E-state index is 12.6. The molecule has 2 aliphatic rings. The van der Waals surface area contributed by atoms with E-state index in [4.69, 9.17) is 25.1 Å². The molecule has 2 fully saturated rings. The number of urea groups is 1. The molecule has 0 spiro atoms. The van der Waals surface area contributed by atoms with Crippen molar-refractivity contribution in [2.24, 2.45) is 17.6 Å². The molecule has 11 atom stereocenters. The van der Waals surface area contributed by atoms with Gasteiger partial charge in [0.25, 0.3) is 0 Å². The maximum Gasteiger partial charge on any atom is 0.315 e. The van der Waals surface area contributed by atoms with Gasteiger partial charge in [0.2, 0.25) is 0 Å². The van der Waals surface area contributed by atoms with Gasteiger partial charge in [-0.25, -0.2) is 4.79 Å². The lowest BCUT2D eigenvalue weighted by molar-refractivity contribution is -0.303. The molecule has 10 N–H and O–H groups in total. The van der Waals surface area contributed by atoms with E-state index in [0.717, 1.165) is 0 Å². The molecule has 41 heavy (non-hydrogen) atoms. The zero-order valence-corrected chi connectivity index (χ0v) is 24.4. The summed E-state index contributed by atoms with van der Waals surface area (Å²) >= 11 is 0. The number of aliphatic hydroxyl groups excluding tert-OH is 4. The predicted octanol–water partition coefficient (Wildman–Crippen LogP) is -0.844. The average molecular weight is 592 g/mol. The molecule has 0 aromatic rings. The third-order valence-electron chi connectivity index (χ3n) is 7.32. The highest BCUT2D eigenvalue weighted by Crippen LogP contribution is 2.35. The van der Waals surface area contributed by atoms with E-state index in [0.29, 0.717) is 0 Å². The quantitative estimate of drug-likeness (QED) is 0.119. The van der Waals surface area contributed by atoms with E-state index in [-0.39, 0.29) is 44.1 Å². The summed E-state index contributed by atoms with van der Waals surface area (Å²) in [5.74, 6) is -3.12. The highest BCUT2D eigenvalue weighted by molar-refractivity contribution is 5.75. The molecule has 0 aliphatic carbocycles. The third-order valence-corrected chi connectivity index (χ3v) is 7.32. The van der Waals surface area contributed by atoms with Crippen LogP contribution < -0.4 is 16.4 Å². The number of hydrogen-bond donors (Lipinski definition) is 9. The van der Waals surface area contributed by atoms with Crippen LogP contribution in [0, 0.1) is 11.8 Å². The summed E-state index contributed by atoms with van der Waals surface area (Å²) in [6.45, 7) is 8.86. The number of hydrogen-bond acceptors (Lipinski definition) is 11. The van der Waals surface area contributed by atoms with Crippen LogP contribution in [0.2, 0.25) is 0 Å². The Labute approximate surface area is 240 Å². The molecule has 0 aromatic heterocycles. The van der Waals surface area contributed by atoms with Gasteiger partial charge in [-0.2, -0.15) is 0 Å². The molecular formula is C27H49N3O11. The Bertz CT molecular complexity index is 875. The molecule has 2 saturated heterocycles. The van der Waals surface area contributed by atoms with Crippen LogP contribution in [0.25, 0.3) is 0 Å². The zero-order chi connectivity index (χ0) is 31.1. The lowest BCUT2D eigenvalue weighted by Crippen LogP contribution is -2.64. The van der Waals surface area contributed by atoms with Crippen molar-refractivity contribution in [3.63, 3.8) is 0 Å². The van der Waals surface area contributed by atoms with Crippen molar-refractivity contribution in [3.8, 4) is 0 Å². The van der Waals surface area contributed by atoms with E-state index in [2.05, 4.69) is 10.6 Å². The number of amides is 2. The Morgan fingerprint density at radius 1 is 1.15 bits per heavy atom. The summed E-state index contributed by atoms with van der Waals surface area (Å²) in [6.07, 6.45) is -5.86. The molecule has 238 valence electrons. The first-order valence-corrected chi connectivity index (χ1v) is 14.2. The Hall–Kier alpha value is -1.88. The minimum atomic E-state index is -1.93. The second-order valence-corrected chi connectivity index (χ2v) is 11.8. The molecule has 14 nitrogen and oxygen atoms in total. The van der Waals surface area contributed by atoms with Crippen LogP contribution in [-0.2, 0) is 19.0 Å². The minimum absolute atomic E-state index is 0.0425. The molecule has 0 saturated carbocycles. The Morgan fingerprint density at radius 2 is 1.80 bits per heavy atom. The molecule has 2 amide bonds. The predicted molar refractivity (Wildman–Crippen MR) is 146 cm³/mol. The van der Waals surface area contributed by atoms with Crippen LogP contribution in [0.4, 0.5) is 4.79 Å². The maximum absolute atomic E-state index is 12.6. The van der Waals surface area contributed by atoms with Crippen molar-refractivity contribution in [2.75, 3.05) is 6.54 Å². The zero-order valence-electron chi connectivity index (χ0n) is 24.4. The van der Waals surface area contributed by atoms with Crippen LogP contribution >= 0.6 is 0 Å². The number of carboxylic acids is 1. The van der Waals surface area contributed by atoms with Gasteiger partial charge < -0.3 is 61.2 Å². The lowest BCUT2D eigenvalue weighted by Gasteiger charge is -2.46. The number of aliphatic carboxylic acids is 1. The van der Waals surface area contributed by atoms with Gasteiger partial charge in [0.05, 0.1) is 55.1 Å². The topological polar surface area (TPSA) is 233 Å². The summed E-state index contributed by atoms with van der Waals surface area (Å²) in [4.78, 5) is 23.4. The van der Waals surface area contributed by atoms with Crippen LogP contribution in [-0.4, -0.2) is 116 Å². The van der Waals surface area contributed by atoms with Crippen molar-refractivity contribution in [1.29, 1.82) is 0 Å². The van der Waals surface area contributed by atoms with Crippen molar-refractivity contribution in [3.05, 3.63) is 12.2 Å². The first-order valence-electron chi connectivity index (χ1n) is 14.2. The highest BCUT2D eigenvalue weighted by Gasteiger charge is 2.49. The van der Waals surface area contributed by atoms with Gasteiger partial charge in [-0.1, -0.05) is 39.8 Å². The number of aliphatic hydroxyl groups is 5. The first kappa shape index (κ1) is 35.3. The van der Waals surface area contributed by atoms with Crippen LogP contribution in [0.15, 0.2) is 12.2 Å². The second-order valence-electron chi connectivity index (χ2n) is 11.8. The SMILES string of the molecule is CC(C)/C=C/[C@@H](CC1O[C@](O)(CC(O)C(C)C)C[C@H](O)[C@H]1NC(=O)NCCC(=O)O)OC1OC(C)C(O)C(N)C1O. The van der Waals surface area contributed by atoms with E-state index in [1.165, 1.54) is 0 Å². The van der Waals surface area contributed by atoms with Gasteiger partial charge in [-0.05, 0) is 18.8 Å². The molecule has 0 bridgehead atoms. The Morgan fingerprint density at radius 3 is 2.39 bits per heavy atom. The molecule has 2 rings (SSSR count). The highest BCUT2D eigenvalue weighted by atomic mass is 16.7. The summed E-state index contributed by atoms with van der Waals surface area (Å²) in [6, 6.07) is -2.83. The van der Waals surface area contributed by atoms with Gasteiger partial charge in [0.15, 0.2) is 12.1 Å². The number of ether oxygens (including phenoxy) is 3. The van der Waals surface area contributed by atoms with Gasteiger partial charge in [0.1, 0.15) is 6.10 Å². The second kappa shape index (κ2) is 15.5. The molecular weight excluding hydrogens is 542 g/mol. The average Bonchev–Trinajstić information content (AvgIpc) is 2.86. The minimum Gasteiger partial charge on any atom is -0.481 e. The van der Waals surface area contributed by atoms with Crippen molar-refractivity contribution >= 4 is 12.0 Å². The largest absolute Gasteiger partial charge is 0.481 e. The van der Waals surface area contributed by atoms with E-state index < -0.39 is 78.9 Å². The van der Waals surface area contributed by atoms with Gasteiger partial charge >= 0.3 is 12.0 Å². The summed E-state index contributed by atoms with van der Waals surface area (Å²) in [5.41, 5.74) is 5.96. The fraction of sp³-hybridized carbons (Fsp3) is 0.852. The van der Waals surface area contributed by atoms with Gasteiger partial charge in [-0.15, -0.1) is 0 Å². The van der Waals surface area contributed by atoms with Gasteiger partial charge in [0, 0.05) is 25.8 Å². The van der Waals surface area contributed by atoms with Gasteiger partial charge in [-0.3, -0.25) is 4.79 Å². The summed E-state index contributed by atoms with van der Waals surface area (Å²) in [5, 5.41) is 67.4. The normalized spacial score (nSPS) is 35.9. The van der Waals surface area contributed by atoms with Crippen molar-refractivity contribution < 1.29 is 54.4 Å². The fourth-order valence-corrected chi connectivity index (χ4v) is 4.78. The number of allylic oxidation sites excluding steroid dienone is 1. The molecule has 2 aliphatic heterocycles. The fourth-order valence-electron chi connectivity index (χ4n) is 4.78. The number of carbonyl (C=O) groups is 2. The smallest absolute Gasteiger partial charge is 0.315 e. The Balaban J connectivity index is 2.32. The monoisotopic (exact) mass is 591 g/mol. The molecule has 14 heteroatoms. The molecule has 2 heterocycles.